The highest BCUT2D eigenvalue weighted by molar-refractivity contribution is 5.44. The lowest BCUT2D eigenvalue weighted by Crippen LogP contribution is -2.29. The number of hydrogen-bond donors (Lipinski definition) is 2. The molecule has 1 aliphatic heterocycles. The van der Waals surface area contributed by atoms with Crippen LogP contribution >= 0.6 is 0 Å². The third-order valence-electron chi connectivity index (χ3n) is 2.80. The molecule has 0 bridgehead atoms. The quantitative estimate of drug-likeness (QED) is 0.724. The van der Waals surface area contributed by atoms with Gasteiger partial charge in [-0.1, -0.05) is 19.9 Å². The Hall–Kier alpha value is -1.26. The van der Waals surface area contributed by atoms with Crippen LogP contribution in [0.4, 0.5) is 0 Å². The van der Waals surface area contributed by atoms with Crippen LogP contribution in [-0.2, 0) is 6.54 Å². The molecular formula is C14H22N2O2. The fraction of sp³-hybridized carbons (Fsp3) is 0.571. The van der Waals surface area contributed by atoms with Crippen LogP contribution in [0.2, 0.25) is 0 Å². The second kappa shape index (κ2) is 6.61. The highest BCUT2D eigenvalue weighted by Crippen LogP contribution is 2.32. The largest absolute Gasteiger partial charge is 0.454 e. The molecule has 0 spiro atoms. The maximum atomic E-state index is 5.35. The van der Waals surface area contributed by atoms with E-state index in [1.165, 1.54) is 5.56 Å². The number of ether oxygens (including phenoxy) is 2. The van der Waals surface area contributed by atoms with Crippen LogP contribution in [-0.4, -0.2) is 26.4 Å². The summed E-state index contributed by atoms with van der Waals surface area (Å²) in [6.07, 6.45) is 0. The van der Waals surface area contributed by atoms with Gasteiger partial charge in [0.15, 0.2) is 11.5 Å². The van der Waals surface area contributed by atoms with Crippen molar-refractivity contribution in [3.8, 4) is 11.5 Å². The Bertz CT molecular complexity index is 380. The summed E-state index contributed by atoms with van der Waals surface area (Å²) in [5.41, 5.74) is 1.23. The summed E-state index contributed by atoms with van der Waals surface area (Å²) >= 11 is 0. The maximum Gasteiger partial charge on any atom is 0.231 e. The van der Waals surface area contributed by atoms with Crippen LogP contribution in [0.15, 0.2) is 18.2 Å². The van der Waals surface area contributed by atoms with Crippen molar-refractivity contribution in [1.29, 1.82) is 0 Å². The number of nitrogens with one attached hydrogen (secondary N) is 2. The fourth-order valence-corrected chi connectivity index (χ4v) is 1.85. The van der Waals surface area contributed by atoms with E-state index in [1.54, 1.807) is 0 Å². The highest BCUT2D eigenvalue weighted by atomic mass is 16.7. The molecule has 1 aromatic rings. The monoisotopic (exact) mass is 250 g/mol. The van der Waals surface area contributed by atoms with Crippen molar-refractivity contribution in [1.82, 2.24) is 10.6 Å². The van der Waals surface area contributed by atoms with Crippen molar-refractivity contribution in [2.75, 3.05) is 26.4 Å². The molecule has 4 heteroatoms. The SMILES string of the molecule is CC(C)CNCCNCc1ccc2c(c1)OCO2. The molecule has 2 N–H and O–H groups in total. The Morgan fingerprint density at radius 2 is 1.89 bits per heavy atom. The van der Waals surface area contributed by atoms with E-state index < -0.39 is 0 Å². The van der Waals surface area contributed by atoms with Gasteiger partial charge >= 0.3 is 0 Å². The highest BCUT2D eigenvalue weighted by Gasteiger charge is 2.12. The molecule has 0 unspecified atom stereocenters. The molecule has 2 rings (SSSR count). The lowest BCUT2D eigenvalue weighted by Gasteiger charge is -2.08. The first-order valence-corrected chi connectivity index (χ1v) is 6.55. The number of rotatable bonds is 7. The summed E-state index contributed by atoms with van der Waals surface area (Å²) in [7, 11) is 0. The predicted octanol–water partition coefficient (Wildman–Crippen LogP) is 1.75. The van der Waals surface area contributed by atoms with Gasteiger partial charge in [-0.3, -0.25) is 0 Å². The zero-order valence-corrected chi connectivity index (χ0v) is 11.2. The van der Waals surface area contributed by atoms with Gasteiger partial charge in [-0.15, -0.1) is 0 Å². The molecule has 0 atom stereocenters. The molecule has 0 radical (unpaired) electrons. The van der Waals surface area contributed by atoms with Crippen molar-refractivity contribution < 1.29 is 9.47 Å². The van der Waals surface area contributed by atoms with E-state index in [4.69, 9.17) is 9.47 Å². The van der Waals surface area contributed by atoms with Crippen molar-refractivity contribution in [3.05, 3.63) is 23.8 Å². The van der Waals surface area contributed by atoms with Gasteiger partial charge in [0.2, 0.25) is 6.79 Å². The van der Waals surface area contributed by atoms with Gasteiger partial charge in [-0.05, 0) is 30.2 Å². The number of hydrogen-bond acceptors (Lipinski definition) is 4. The molecule has 4 nitrogen and oxygen atoms in total. The van der Waals surface area contributed by atoms with Gasteiger partial charge < -0.3 is 20.1 Å². The van der Waals surface area contributed by atoms with Gasteiger partial charge in [0.25, 0.3) is 0 Å². The van der Waals surface area contributed by atoms with E-state index in [-0.39, 0.29) is 0 Å². The third kappa shape index (κ3) is 3.89. The molecule has 0 fully saturated rings. The molecule has 100 valence electrons. The van der Waals surface area contributed by atoms with Crippen LogP contribution in [0.5, 0.6) is 11.5 Å². The summed E-state index contributed by atoms with van der Waals surface area (Å²) < 4.78 is 10.6. The molecule has 0 aliphatic carbocycles. The normalized spacial score (nSPS) is 13.3. The standard InChI is InChI=1S/C14H22N2O2/c1-11(2)8-15-5-6-16-9-12-3-4-13-14(7-12)18-10-17-13/h3-4,7,11,15-16H,5-6,8-10H2,1-2H3. The molecule has 1 aromatic carbocycles. The lowest BCUT2D eigenvalue weighted by atomic mass is 10.2. The van der Waals surface area contributed by atoms with Crippen LogP contribution < -0.4 is 20.1 Å². The minimum Gasteiger partial charge on any atom is -0.454 e. The van der Waals surface area contributed by atoms with E-state index in [0.717, 1.165) is 37.7 Å². The lowest BCUT2D eigenvalue weighted by molar-refractivity contribution is 0.174. The first kappa shape index (κ1) is 13.2. The van der Waals surface area contributed by atoms with Gasteiger partial charge in [0.05, 0.1) is 0 Å². The fourth-order valence-electron chi connectivity index (χ4n) is 1.85. The average molecular weight is 250 g/mol. The van der Waals surface area contributed by atoms with Gasteiger partial charge in [0, 0.05) is 19.6 Å². The Morgan fingerprint density at radius 1 is 1.11 bits per heavy atom. The van der Waals surface area contributed by atoms with Crippen molar-refractivity contribution in [2.24, 2.45) is 5.92 Å². The first-order valence-electron chi connectivity index (χ1n) is 6.55. The number of benzene rings is 1. The van der Waals surface area contributed by atoms with E-state index >= 15 is 0 Å². The van der Waals surface area contributed by atoms with Gasteiger partial charge in [-0.2, -0.15) is 0 Å². The van der Waals surface area contributed by atoms with E-state index in [2.05, 4.69) is 30.5 Å². The molecule has 1 aliphatic rings. The minimum atomic E-state index is 0.339. The average Bonchev–Trinajstić information content (AvgIpc) is 2.80. The molecular weight excluding hydrogens is 228 g/mol. The Kier molecular flexibility index (Phi) is 4.84. The Labute approximate surface area is 109 Å². The second-order valence-corrected chi connectivity index (χ2v) is 4.96. The summed E-state index contributed by atoms with van der Waals surface area (Å²) in [5.74, 6) is 2.41. The van der Waals surface area contributed by atoms with Crippen LogP contribution in [0, 0.1) is 5.92 Å². The molecule has 18 heavy (non-hydrogen) atoms. The topological polar surface area (TPSA) is 42.5 Å². The molecule has 0 saturated carbocycles. The van der Waals surface area contributed by atoms with Crippen LogP contribution in [0.1, 0.15) is 19.4 Å². The van der Waals surface area contributed by atoms with Crippen molar-refractivity contribution in [2.45, 2.75) is 20.4 Å². The van der Waals surface area contributed by atoms with Gasteiger partial charge in [-0.25, -0.2) is 0 Å². The van der Waals surface area contributed by atoms with Crippen molar-refractivity contribution >= 4 is 0 Å². The Morgan fingerprint density at radius 3 is 2.72 bits per heavy atom. The van der Waals surface area contributed by atoms with Crippen LogP contribution in [0.25, 0.3) is 0 Å². The zero-order chi connectivity index (χ0) is 12.8. The van der Waals surface area contributed by atoms with E-state index in [9.17, 15) is 0 Å². The maximum absolute atomic E-state index is 5.35. The summed E-state index contributed by atoms with van der Waals surface area (Å²) in [6, 6.07) is 6.08. The predicted molar refractivity (Wildman–Crippen MR) is 72.0 cm³/mol. The van der Waals surface area contributed by atoms with Crippen LogP contribution in [0.3, 0.4) is 0 Å². The third-order valence-corrected chi connectivity index (χ3v) is 2.80. The minimum absolute atomic E-state index is 0.339. The van der Waals surface area contributed by atoms with Gasteiger partial charge in [0.1, 0.15) is 0 Å². The van der Waals surface area contributed by atoms with Crippen molar-refractivity contribution in [3.63, 3.8) is 0 Å². The molecule has 1 heterocycles. The van der Waals surface area contributed by atoms with E-state index in [0.29, 0.717) is 12.7 Å². The Balaban J connectivity index is 1.65. The smallest absolute Gasteiger partial charge is 0.231 e. The molecule has 0 amide bonds. The number of fused-ring (bicyclic) bond motifs is 1. The van der Waals surface area contributed by atoms with E-state index in [1.807, 2.05) is 12.1 Å². The zero-order valence-electron chi connectivity index (χ0n) is 11.2. The first-order chi connectivity index (χ1) is 8.75. The summed E-state index contributed by atoms with van der Waals surface area (Å²) in [5, 5.41) is 6.81. The second-order valence-electron chi connectivity index (χ2n) is 4.96. The summed E-state index contributed by atoms with van der Waals surface area (Å²) in [6.45, 7) is 8.68. The molecule has 0 aromatic heterocycles. The summed E-state index contributed by atoms with van der Waals surface area (Å²) in [4.78, 5) is 0. The molecule has 0 saturated heterocycles.